The summed E-state index contributed by atoms with van der Waals surface area (Å²) >= 11 is 0. The minimum Gasteiger partial charge on any atom is -0.497 e. The molecule has 6 N–H and O–H groups in total. The van der Waals surface area contributed by atoms with E-state index in [9.17, 15) is 30.6 Å². The van der Waals surface area contributed by atoms with Crippen molar-refractivity contribution < 1.29 is 59.1 Å². The van der Waals surface area contributed by atoms with Gasteiger partial charge in [-0.15, -0.1) is 0 Å². The van der Waals surface area contributed by atoms with E-state index in [2.05, 4.69) is 0 Å². The summed E-state index contributed by atoms with van der Waals surface area (Å²) in [4.78, 5) is 0. The van der Waals surface area contributed by atoms with Crippen molar-refractivity contribution in [3.63, 3.8) is 0 Å². The van der Waals surface area contributed by atoms with Crippen LogP contribution >= 0.6 is 0 Å². The molecule has 0 aliphatic carbocycles. The number of methoxy groups -OCH3 is 2. The van der Waals surface area contributed by atoms with E-state index in [1.165, 1.54) is 14.2 Å². The zero-order valence-electron chi connectivity index (χ0n) is 20.5. The maximum atomic E-state index is 10.4. The van der Waals surface area contributed by atoms with Crippen molar-refractivity contribution in [2.75, 3.05) is 27.6 Å². The summed E-state index contributed by atoms with van der Waals surface area (Å²) in [6.07, 6.45) is -10.0. The normalized spacial score (nSPS) is 24.6. The number of hydrogen-bond donors (Lipinski definition) is 6. The van der Waals surface area contributed by atoms with Gasteiger partial charge in [-0.2, -0.15) is 0 Å². The Morgan fingerprint density at radius 2 is 1.61 bits per heavy atom. The molecule has 12 heteroatoms. The Bertz CT molecular complexity index is 1330. The Labute approximate surface area is 216 Å². The highest BCUT2D eigenvalue weighted by Crippen LogP contribution is 2.50. The third-order valence-corrected chi connectivity index (χ3v) is 6.66. The van der Waals surface area contributed by atoms with Crippen molar-refractivity contribution in [3.8, 4) is 39.9 Å². The molecule has 3 aromatic carbocycles. The van der Waals surface area contributed by atoms with E-state index in [0.717, 1.165) is 0 Å². The molecule has 1 fully saturated rings. The number of benzene rings is 3. The fourth-order valence-electron chi connectivity index (χ4n) is 4.74. The number of fused-ring (bicyclic) bond motifs is 2. The lowest BCUT2D eigenvalue weighted by atomic mass is 9.92. The van der Waals surface area contributed by atoms with Crippen LogP contribution in [-0.2, 0) is 4.74 Å². The second-order valence-electron chi connectivity index (χ2n) is 8.85. The molecule has 2 aliphatic heterocycles. The molecule has 38 heavy (non-hydrogen) atoms. The summed E-state index contributed by atoms with van der Waals surface area (Å²) in [5.74, 6) is 1.68. The molecule has 0 spiro atoms. The molecule has 0 aromatic heterocycles. The van der Waals surface area contributed by atoms with E-state index < -0.39 is 43.6 Å². The molecule has 0 amide bonds. The smallest absolute Gasteiger partial charge is 0.231 e. The first-order valence-electron chi connectivity index (χ1n) is 11.7. The van der Waals surface area contributed by atoms with E-state index in [-0.39, 0.29) is 23.9 Å². The first-order chi connectivity index (χ1) is 18.2. The van der Waals surface area contributed by atoms with Gasteiger partial charge in [-0.05, 0) is 35.9 Å². The standard InChI is InChI=1S/C26H28O12/c1-33-12-4-5-13-14(8-12)18(11-3-6-15-16(7-11)37-10-36-15)24(34-2)19(25(30)31)23(13)35-9-17-20(27)21(28)22(29)26(32)38-17/h3-8,17,20-22,25-32H,9-10H2,1-2H3. The van der Waals surface area contributed by atoms with Crippen molar-refractivity contribution in [2.45, 2.75) is 37.0 Å². The summed E-state index contributed by atoms with van der Waals surface area (Å²) in [6.45, 7) is -0.344. The Hall–Kier alpha value is -3.36. The van der Waals surface area contributed by atoms with Gasteiger partial charge in [0.05, 0.1) is 19.8 Å². The van der Waals surface area contributed by atoms with E-state index >= 15 is 0 Å². The van der Waals surface area contributed by atoms with Crippen molar-refractivity contribution in [1.82, 2.24) is 0 Å². The van der Waals surface area contributed by atoms with Gasteiger partial charge in [0, 0.05) is 16.3 Å². The van der Waals surface area contributed by atoms with E-state index in [0.29, 0.717) is 39.1 Å². The van der Waals surface area contributed by atoms with Gasteiger partial charge in [0.2, 0.25) is 6.79 Å². The van der Waals surface area contributed by atoms with Gasteiger partial charge in [0.15, 0.2) is 24.1 Å². The van der Waals surface area contributed by atoms with Gasteiger partial charge in [0.1, 0.15) is 48.3 Å². The first kappa shape index (κ1) is 26.3. The summed E-state index contributed by atoms with van der Waals surface area (Å²) in [5, 5.41) is 61.9. The van der Waals surface area contributed by atoms with E-state index in [1.807, 2.05) is 0 Å². The molecule has 0 saturated carbocycles. The van der Waals surface area contributed by atoms with Crippen LogP contribution in [0.4, 0.5) is 0 Å². The van der Waals surface area contributed by atoms with Crippen LogP contribution in [0, 0.1) is 0 Å². The molecule has 2 heterocycles. The number of ether oxygens (including phenoxy) is 6. The molecule has 204 valence electrons. The van der Waals surface area contributed by atoms with Gasteiger partial charge in [-0.1, -0.05) is 6.07 Å². The fourth-order valence-corrected chi connectivity index (χ4v) is 4.74. The largest absolute Gasteiger partial charge is 0.497 e. The van der Waals surface area contributed by atoms with Crippen LogP contribution in [-0.4, -0.2) is 89.0 Å². The third-order valence-electron chi connectivity index (χ3n) is 6.66. The zero-order chi connectivity index (χ0) is 27.1. The number of hydrogen-bond acceptors (Lipinski definition) is 12. The number of aliphatic hydroxyl groups is 6. The van der Waals surface area contributed by atoms with Crippen molar-refractivity contribution >= 4 is 10.8 Å². The maximum Gasteiger partial charge on any atom is 0.231 e. The SMILES string of the molecule is COc1ccc2c(OCC3OC(O)C(O)C(O)C3O)c(C(O)O)c(OC)c(-c3ccc4c(c3)OCO4)c2c1. The van der Waals surface area contributed by atoms with Gasteiger partial charge >= 0.3 is 0 Å². The second kappa shape index (κ2) is 10.4. The summed E-state index contributed by atoms with van der Waals surface area (Å²) in [5.41, 5.74) is 1.02. The molecule has 5 atom stereocenters. The molecule has 12 nitrogen and oxygen atoms in total. The average molecular weight is 532 g/mol. The number of aliphatic hydroxyl groups excluding tert-OH is 5. The quantitative estimate of drug-likeness (QED) is 0.232. The van der Waals surface area contributed by atoms with Crippen LogP contribution in [0.1, 0.15) is 11.9 Å². The molecule has 2 aliphatic rings. The lowest BCUT2D eigenvalue weighted by Crippen LogP contribution is -2.58. The van der Waals surface area contributed by atoms with Crippen molar-refractivity contribution in [1.29, 1.82) is 0 Å². The Kier molecular flexibility index (Phi) is 7.20. The lowest BCUT2D eigenvalue weighted by molar-refractivity contribution is -0.285. The Balaban J connectivity index is 1.67. The molecular weight excluding hydrogens is 504 g/mol. The highest BCUT2D eigenvalue weighted by molar-refractivity contribution is 6.05. The van der Waals surface area contributed by atoms with Crippen LogP contribution in [0.25, 0.3) is 21.9 Å². The third kappa shape index (κ3) is 4.46. The molecule has 0 bridgehead atoms. The highest BCUT2D eigenvalue weighted by atomic mass is 16.7. The lowest BCUT2D eigenvalue weighted by Gasteiger charge is -2.38. The first-order valence-corrected chi connectivity index (χ1v) is 11.7. The van der Waals surface area contributed by atoms with Crippen molar-refractivity contribution in [3.05, 3.63) is 42.0 Å². The van der Waals surface area contributed by atoms with Crippen LogP contribution in [0.2, 0.25) is 0 Å². The molecule has 0 radical (unpaired) electrons. The average Bonchev–Trinajstić information content (AvgIpc) is 3.39. The topological polar surface area (TPSA) is 177 Å². The summed E-state index contributed by atoms with van der Waals surface area (Å²) in [7, 11) is 2.88. The monoisotopic (exact) mass is 532 g/mol. The summed E-state index contributed by atoms with van der Waals surface area (Å²) < 4.78 is 33.2. The Morgan fingerprint density at radius 3 is 2.32 bits per heavy atom. The van der Waals surface area contributed by atoms with Gasteiger partial charge < -0.3 is 59.1 Å². The predicted molar refractivity (Wildman–Crippen MR) is 130 cm³/mol. The summed E-state index contributed by atoms with van der Waals surface area (Å²) in [6, 6.07) is 10.3. The van der Waals surface area contributed by atoms with Crippen LogP contribution < -0.4 is 23.7 Å². The molecule has 5 unspecified atom stereocenters. The van der Waals surface area contributed by atoms with Gasteiger partial charge in [0.25, 0.3) is 0 Å². The molecular formula is C26H28O12. The molecule has 5 rings (SSSR count). The van der Waals surface area contributed by atoms with Crippen molar-refractivity contribution in [2.24, 2.45) is 0 Å². The molecule has 3 aromatic rings. The number of rotatable bonds is 7. The fraction of sp³-hybridized carbons (Fsp3) is 0.385. The van der Waals surface area contributed by atoms with E-state index in [4.69, 9.17) is 28.4 Å². The molecule has 1 saturated heterocycles. The van der Waals surface area contributed by atoms with Crippen LogP contribution in [0.3, 0.4) is 0 Å². The minimum absolute atomic E-state index is 0.00454. The zero-order valence-corrected chi connectivity index (χ0v) is 20.5. The minimum atomic E-state index is -2.05. The predicted octanol–water partition coefficient (Wildman–Crippen LogP) is 0.415. The van der Waals surface area contributed by atoms with Gasteiger partial charge in [-0.25, -0.2) is 0 Å². The Morgan fingerprint density at radius 1 is 0.842 bits per heavy atom. The van der Waals surface area contributed by atoms with E-state index in [1.54, 1.807) is 36.4 Å². The second-order valence-corrected chi connectivity index (χ2v) is 8.85. The maximum absolute atomic E-state index is 10.4. The highest BCUT2D eigenvalue weighted by Gasteiger charge is 2.43. The van der Waals surface area contributed by atoms with Crippen LogP contribution in [0.5, 0.6) is 28.7 Å². The van der Waals surface area contributed by atoms with Crippen LogP contribution in [0.15, 0.2) is 36.4 Å². The van der Waals surface area contributed by atoms with Gasteiger partial charge in [-0.3, -0.25) is 0 Å².